The molecule has 1 heteroatoms. The van der Waals surface area contributed by atoms with Crippen LogP contribution in [-0.2, 0) is 0 Å². The summed E-state index contributed by atoms with van der Waals surface area (Å²) >= 11 is 0. The molecule has 1 nitrogen and oxygen atoms in total. The van der Waals surface area contributed by atoms with Gasteiger partial charge in [0.25, 0.3) is 0 Å². The van der Waals surface area contributed by atoms with Crippen LogP contribution in [-0.4, -0.2) is 5.78 Å². The van der Waals surface area contributed by atoms with E-state index in [4.69, 9.17) is 0 Å². The fraction of sp³-hybridized carbons (Fsp3) is 0.188. The van der Waals surface area contributed by atoms with E-state index in [1.165, 1.54) is 5.56 Å². The van der Waals surface area contributed by atoms with E-state index in [0.717, 1.165) is 22.3 Å². The van der Waals surface area contributed by atoms with Gasteiger partial charge in [0.05, 0.1) is 0 Å². The first-order valence-corrected chi connectivity index (χ1v) is 5.97. The minimum absolute atomic E-state index is 0.165. The Morgan fingerprint density at radius 1 is 0.824 bits per heavy atom. The molecule has 1 aliphatic rings. The molecule has 0 aromatic heterocycles. The van der Waals surface area contributed by atoms with Crippen LogP contribution >= 0.6 is 0 Å². The largest absolute Gasteiger partial charge is 0.289 e. The van der Waals surface area contributed by atoms with Crippen LogP contribution in [0.15, 0.2) is 42.5 Å². The second kappa shape index (κ2) is 3.56. The zero-order chi connectivity index (χ0) is 12.0. The van der Waals surface area contributed by atoms with E-state index in [9.17, 15) is 4.79 Å². The maximum Gasteiger partial charge on any atom is 0.194 e. The molecule has 0 N–H and O–H groups in total. The van der Waals surface area contributed by atoms with E-state index >= 15 is 0 Å². The molecule has 0 aliphatic heterocycles. The molecule has 3 rings (SSSR count). The van der Waals surface area contributed by atoms with Crippen LogP contribution in [0.1, 0.15) is 41.3 Å². The third-order valence-electron chi connectivity index (χ3n) is 3.40. The number of rotatable bonds is 1. The molecule has 0 radical (unpaired) electrons. The van der Waals surface area contributed by atoms with Gasteiger partial charge in [-0.25, -0.2) is 0 Å². The van der Waals surface area contributed by atoms with Crippen molar-refractivity contribution < 1.29 is 4.79 Å². The van der Waals surface area contributed by atoms with Crippen molar-refractivity contribution in [3.8, 4) is 11.1 Å². The summed E-state index contributed by atoms with van der Waals surface area (Å²) in [7, 11) is 0. The third-order valence-corrected chi connectivity index (χ3v) is 3.40. The maximum atomic E-state index is 12.3. The molecule has 84 valence electrons. The summed E-state index contributed by atoms with van der Waals surface area (Å²) in [6, 6.07) is 13.9. The molecule has 2 aromatic carbocycles. The van der Waals surface area contributed by atoms with Crippen LogP contribution in [0.4, 0.5) is 0 Å². The lowest BCUT2D eigenvalue weighted by Gasteiger charge is -2.11. The van der Waals surface area contributed by atoms with Crippen LogP contribution in [0.3, 0.4) is 0 Å². The van der Waals surface area contributed by atoms with Crippen molar-refractivity contribution in [3.63, 3.8) is 0 Å². The Hall–Kier alpha value is -1.89. The van der Waals surface area contributed by atoms with Gasteiger partial charge in [0.1, 0.15) is 0 Å². The summed E-state index contributed by atoms with van der Waals surface area (Å²) in [4.78, 5) is 12.3. The second-order valence-electron chi connectivity index (χ2n) is 4.80. The van der Waals surface area contributed by atoms with Gasteiger partial charge in [-0.1, -0.05) is 56.3 Å². The maximum absolute atomic E-state index is 12.3. The molecular weight excluding hydrogens is 208 g/mol. The van der Waals surface area contributed by atoms with E-state index in [2.05, 4.69) is 19.9 Å². The van der Waals surface area contributed by atoms with Crippen molar-refractivity contribution in [3.05, 3.63) is 59.2 Å². The van der Waals surface area contributed by atoms with Gasteiger partial charge in [0.15, 0.2) is 5.78 Å². The monoisotopic (exact) mass is 222 g/mol. The van der Waals surface area contributed by atoms with E-state index in [0.29, 0.717) is 5.92 Å². The van der Waals surface area contributed by atoms with Gasteiger partial charge in [-0.2, -0.15) is 0 Å². The molecule has 0 amide bonds. The zero-order valence-electron chi connectivity index (χ0n) is 10.0. The quantitative estimate of drug-likeness (QED) is 0.607. The molecule has 0 bridgehead atoms. The summed E-state index contributed by atoms with van der Waals surface area (Å²) in [5.41, 5.74) is 5.20. The Morgan fingerprint density at radius 3 is 2.18 bits per heavy atom. The van der Waals surface area contributed by atoms with Gasteiger partial charge in [-0.15, -0.1) is 0 Å². The SMILES string of the molecule is CC(C)c1cccc2c1-c1ccccc1C2=O. The molecule has 1 aliphatic carbocycles. The summed E-state index contributed by atoms with van der Waals surface area (Å²) in [5.74, 6) is 0.599. The molecule has 0 saturated carbocycles. The average molecular weight is 222 g/mol. The van der Waals surface area contributed by atoms with Crippen LogP contribution in [0.25, 0.3) is 11.1 Å². The van der Waals surface area contributed by atoms with Gasteiger partial charge in [0.2, 0.25) is 0 Å². The van der Waals surface area contributed by atoms with Crippen molar-refractivity contribution in [1.29, 1.82) is 0 Å². The number of fused-ring (bicyclic) bond motifs is 3. The Kier molecular flexibility index (Phi) is 2.15. The zero-order valence-corrected chi connectivity index (χ0v) is 10.0. The normalized spacial score (nSPS) is 12.8. The standard InChI is InChI=1S/C16H14O/c1-10(2)11-8-5-9-14-15(11)12-6-3-4-7-13(12)16(14)17/h3-10H,1-2H3. The number of carbonyl (C=O) groups is 1. The van der Waals surface area contributed by atoms with Crippen LogP contribution in [0.2, 0.25) is 0 Å². The summed E-state index contributed by atoms with van der Waals surface area (Å²) < 4.78 is 0. The predicted molar refractivity (Wildman–Crippen MR) is 69.4 cm³/mol. The number of hydrogen-bond donors (Lipinski definition) is 0. The van der Waals surface area contributed by atoms with Crippen LogP contribution in [0, 0.1) is 0 Å². The lowest BCUT2D eigenvalue weighted by molar-refractivity contribution is 0.104. The average Bonchev–Trinajstić information content (AvgIpc) is 2.64. The van der Waals surface area contributed by atoms with Crippen molar-refractivity contribution in [2.45, 2.75) is 19.8 Å². The highest BCUT2D eigenvalue weighted by Gasteiger charge is 2.28. The Bertz CT molecular complexity index is 609. The Labute approximate surface area is 101 Å². The highest BCUT2D eigenvalue weighted by atomic mass is 16.1. The first kappa shape index (κ1) is 10.3. The topological polar surface area (TPSA) is 17.1 Å². The fourth-order valence-electron chi connectivity index (χ4n) is 2.59. The van der Waals surface area contributed by atoms with E-state index in [-0.39, 0.29) is 5.78 Å². The predicted octanol–water partition coefficient (Wildman–Crippen LogP) is 4.02. The van der Waals surface area contributed by atoms with E-state index < -0.39 is 0 Å². The molecule has 2 aromatic rings. The Balaban J connectivity index is 2.38. The van der Waals surface area contributed by atoms with E-state index in [1.54, 1.807) is 0 Å². The molecule has 0 unspecified atom stereocenters. The number of ketones is 1. The smallest absolute Gasteiger partial charge is 0.194 e. The minimum atomic E-state index is 0.165. The van der Waals surface area contributed by atoms with E-state index in [1.807, 2.05) is 36.4 Å². The summed E-state index contributed by atoms with van der Waals surface area (Å²) in [5, 5.41) is 0. The highest BCUT2D eigenvalue weighted by molar-refractivity contribution is 6.22. The lowest BCUT2D eigenvalue weighted by atomic mass is 9.92. The van der Waals surface area contributed by atoms with Crippen LogP contribution in [0.5, 0.6) is 0 Å². The van der Waals surface area contributed by atoms with Crippen molar-refractivity contribution in [2.24, 2.45) is 0 Å². The van der Waals surface area contributed by atoms with Gasteiger partial charge < -0.3 is 0 Å². The van der Waals surface area contributed by atoms with Gasteiger partial charge in [-0.3, -0.25) is 4.79 Å². The minimum Gasteiger partial charge on any atom is -0.289 e. The van der Waals surface area contributed by atoms with Crippen molar-refractivity contribution in [2.75, 3.05) is 0 Å². The van der Waals surface area contributed by atoms with Crippen molar-refractivity contribution >= 4 is 5.78 Å². The molecule has 0 heterocycles. The Morgan fingerprint density at radius 2 is 1.47 bits per heavy atom. The van der Waals surface area contributed by atoms with Crippen LogP contribution < -0.4 is 0 Å². The fourth-order valence-corrected chi connectivity index (χ4v) is 2.59. The summed E-state index contributed by atoms with van der Waals surface area (Å²) in [6.45, 7) is 4.34. The highest BCUT2D eigenvalue weighted by Crippen LogP contribution is 2.40. The molecule has 17 heavy (non-hydrogen) atoms. The van der Waals surface area contributed by atoms with Gasteiger partial charge >= 0.3 is 0 Å². The van der Waals surface area contributed by atoms with Gasteiger partial charge in [-0.05, 0) is 22.6 Å². The first-order chi connectivity index (χ1) is 8.20. The first-order valence-electron chi connectivity index (χ1n) is 5.97. The summed E-state index contributed by atoms with van der Waals surface area (Å²) in [6.07, 6.45) is 0. The van der Waals surface area contributed by atoms with Crippen molar-refractivity contribution in [1.82, 2.24) is 0 Å². The third kappa shape index (κ3) is 1.35. The number of carbonyl (C=O) groups excluding carboxylic acids is 1. The molecular formula is C16H14O. The molecule has 0 spiro atoms. The molecule has 0 atom stereocenters. The molecule has 0 saturated heterocycles. The lowest BCUT2D eigenvalue weighted by Crippen LogP contribution is -1.96. The number of hydrogen-bond acceptors (Lipinski definition) is 1. The molecule has 0 fully saturated rings. The van der Waals surface area contributed by atoms with Gasteiger partial charge in [0, 0.05) is 11.1 Å². The number of benzene rings is 2. The second-order valence-corrected chi connectivity index (χ2v) is 4.80.